The highest BCUT2D eigenvalue weighted by Gasteiger charge is 2.26. The Morgan fingerprint density at radius 3 is 2.42 bits per heavy atom. The van der Waals surface area contributed by atoms with Gasteiger partial charge >= 0.3 is 13.8 Å². The Labute approximate surface area is 251 Å². The van der Waals surface area contributed by atoms with E-state index in [1.165, 1.54) is 30.1 Å². The number of Topliss-reactive ketones (excluding diaryl/α,β-unsaturated/α-hetero) is 1. The number of phosphoric ester groups is 1. The Kier molecular flexibility index (Phi) is 11.7. The average Bonchev–Trinajstić information content (AvgIpc) is 3.37. The molecule has 0 saturated carbocycles. The van der Waals surface area contributed by atoms with Crippen LogP contribution in [0.2, 0.25) is 5.02 Å². The molecule has 43 heavy (non-hydrogen) atoms. The zero-order valence-corrected chi connectivity index (χ0v) is 25.1. The second-order valence-corrected chi connectivity index (χ2v) is 11.6. The highest BCUT2D eigenvalue weighted by Crippen LogP contribution is 2.36. The molecule has 1 atom stereocenters. The summed E-state index contributed by atoms with van der Waals surface area (Å²) < 4.78 is 35.8. The Hall–Kier alpha value is -3.49. The summed E-state index contributed by atoms with van der Waals surface area (Å²) in [5.41, 5.74) is 3.43. The van der Waals surface area contributed by atoms with E-state index in [-0.39, 0.29) is 36.0 Å². The van der Waals surface area contributed by atoms with E-state index in [2.05, 4.69) is 15.0 Å². The Morgan fingerprint density at radius 2 is 1.81 bits per heavy atom. The number of rotatable bonds is 14. The van der Waals surface area contributed by atoms with Gasteiger partial charge in [0.25, 0.3) is 5.91 Å². The molecule has 0 aliphatic heterocycles. The largest absolute Gasteiger partial charge is 0.471 e. The number of carbonyl (C=O) groups excluding carboxylic acids is 3. The van der Waals surface area contributed by atoms with Crippen molar-refractivity contribution in [2.45, 2.75) is 40.2 Å². The van der Waals surface area contributed by atoms with Gasteiger partial charge in [-0.3, -0.25) is 19.5 Å². The molecule has 0 fully saturated rings. The lowest BCUT2D eigenvalue weighted by Crippen LogP contribution is -2.48. The Bertz CT molecular complexity index is 1510. The van der Waals surface area contributed by atoms with E-state index in [1.54, 1.807) is 24.3 Å². The van der Waals surface area contributed by atoms with Gasteiger partial charge in [-0.1, -0.05) is 49.7 Å². The minimum Gasteiger partial charge on any atom is -0.463 e. The summed E-state index contributed by atoms with van der Waals surface area (Å²) >= 11 is 6.00. The fourth-order valence-electron chi connectivity index (χ4n) is 3.71. The first kappa shape index (κ1) is 34.0. The number of phosphoric acid groups is 1. The van der Waals surface area contributed by atoms with Gasteiger partial charge in [-0.25, -0.2) is 23.4 Å². The van der Waals surface area contributed by atoms with Crippen molar-refractivity contribution in [3.63, 3.8) is 0 Å². The van der Waals surface area contributed by atoms with Gasteiger partial charge in [-0.05, 0) is 35.2 Å². The molecule has 0 aliphatic rings. The maximum atomic E-state index is 14.3. The average molecular weight is 641 g/mol. The van der Waals surface area contributed by atoms with Gasteiger partial charge in [0.2, 0.25) is 0 Å². The number of hydrogen-bond acceptors (Lipinski definition) is 9. The van der Waals surface area contributed by atoms with Crippen molar-refractivity contribution >= 4 is 37.1 Å². The van der Waals surface area contributed by atoms with Crippen molar-refractivity contribution in [2.24, 2.45) is 5.92 Å². The van der Waals surface area contributed by atoms with Crippen LogP contribution in [0.1, 0.15) is 47.3 Å². The van der Waals surface area contributed by atoms with Crippen LogP contribution in [0.4, 0.5) is 4.39 Å². The van der Waals surface area contributed by atoms with E-state index >= 15 is 0 Å². The predicted molar refractivity (Wildman–Crippen MR) is 152 cm³/mol. The molecule has 3 rings (SSSR count). The van der Waals surface area contributed by atoms with Crippen molar-refractivity contribution in [3.05, 3.63) is 76.3 Å². The molecule has 2 aromatic carbocycles. The molecule has 1 heterocycles. The highest BCUT2D eigenvalue weighted by atomic mass is 35.5. The quantitative estimate of drug-likeness (QED) is 0.0878. The van der Waals surface area contributed by atoms with Crippen LogP contribution in [0.25, 0.3) is 11.1 Å². The molecule has 0 aliphatic carbocycles. The van der Waals surface area contributed by atoms with Crippen LogP contribution >= 0.6 is 19.4 Å². The third-order valence-corrected chi connectivity index (χ3v) is 6.46. The number of aliphatic hydroxyl groups is 1. The molecule has 4 N–H and O–H groups in total. The first-order valence-electron chi connectivity index (χ1n) is 12.9. The van der Waals surface area contributed by atoms with E-state index in [4.69, 9.17) is 26.1 Å². The zero-order chi connectivity index (χ0) is 31.9. The number of aromatic nitrogens is 2. The lowest BCUT2D eigenvalue weighted by Gasteiger charge is -2.25. The molecule has 0 bridgehead atoms. The van der Waals surface area contributed by atoms with Gasteiger partial charge in [-0.15, -0.1) is 0 Å². The standard InChI is InChI=1S/C27H31ClFN4O9P/c1-16(2)14-41-27(37)25(35)13-32(12-18-4-6-19(7-5-18)21-10-20(28)8-9-22(21)29)31-26(36)24-11-23(17(3)34)30-33(24)15-42-43(38,39)40/h4-11,16,25,35H,12-15H2,1-3H3,(H,31,36)(H2,38,39,40)/t25-/m1/s1. The molecule has 16 heteroatoms. The number of esters is 1. The van der Waals surface area contributed by atoms with Crippen LogP contribution in [0.15, 0.2) is 48.5 Å². The molecule has 0 radical (unpaired) electrons. The zero-order valence-electron chi connectivity index (χ0n) is 23.4. The summed E-state index contributed by atoms with van der Waals surface area (Å²) in [5, 5.41) is 15.9. The summed E-state index contributed by atoms with van der Waals surface area (Å²) in [4.78, 5) is 55.6. The normalized spacial score (nSPS) is 12.4. The van der Waals surface area contributed by atoms with Crippen LogP contribution in [0.5, 0.6) is 0 Å². The van der Waals surface area contributed by atoms with E-state index < -0.39 is 50.7 Å². The number of nitrogens with zero attached hydrogens (tertiary/aromatic N) is 3. The van der Waals surface area contributed by atoms with Gasteiger partial charge in [0, 0.05) is 30.1 Å². The number of amides is 1. The number of carbonyl (C=O) groups is 3. The van der Waals surface area contributed by atoms with Gasteiger partial charge in [0.05, 0.1) is 13.2 Å². The molecule has 0 unspecified atom stereocenters. The first-order chi connectivity index (χ1) is 20.1. The fraction of sp³-hybridized carbons (Fsp3) is 0.333. The minimum atomic E-state index is -4.95. The molecule has 0 saturated heterocycles. The number of ether oxygens (including phenoxy) is 1. The van der Waals surface area contributed by atoms with E-state index in [0.717, 1.165) is 10.7 Å². The second-order valence-electron chi connectivity index (χ2n) is 9.90. The van der Waals surface area contributed by atoms with Crippen molar-refractivity contribution in [2.75, 3.05) is 13.2 Å². The van der Waals surface area contributed by atoms with Crippen LogP contribution < -0.4 is 5.43 Å². The molecule has 232 valence electrons. The summed E-state index contributed by atoms with van der Waals surface area (Å²) in [6.45, 7) is 3.54. The monoisotopic (exact) mass is 640 g/mol. The van der Waals surface area contributed by atoms with Crippen molar-refractivity contribution in [1.29, 1.82) is 0 Å². The Balaban J connectivity index is 1.86. The smallest absolute Gasteiger partial charge is 0.463 e. The van der Waals surface area contributed by atoms with Crippen LogP contribution in [0.3, 0.4) is 0 Å². The van der Waals surface area contributed by atoms with Crippen molar-refractivity contribution in [1.82, 2.24) is 20.2 Å². The summed E-state index contributed by atoms with van der Waals surface area (Å²) in [6, 6.07) is 11.8. The number of nitrogens with one attached hydrogen (secondary N) is 1. The van der Waals surface area contributed by atoms with Crippen molar-refractivity contribution < 1.29 is 47.5 Å². The van der Waals surface area contributed by atoms with Crippen LogP contribution in [-0.4, -0.2) is 66.6 Å². The topological polar surface area (TPSA) is 181 Å². The number of benzene rings is 2. The first-order valence-corrected chi connectivity index (χ1v) is 14.8. The van der Waals surface area contributed by atoms with E-state index in [1.807, 2.05) is 13.8 Å². The van der Waals surface area contributed by atoms with E-state index in [9.17, 15) is 28.4 Å². The fourth-order valence-corrected chi connectivity index (χ4v) is 4.14. The SMILES string of the molecule is CC(=O)c1cc(C(=O)NN(Cc2ccc(-c3cc(Cl)ccc3F)cc2)C[C@@H](O)C(=O)OCC(C)C)n(COP(=O)(O)O)n1. The van der Waals surface area contributed by atoms with Crippen molar-refractivity contribution in [3.8, 4) is 11.1 Å². The molecule has 13 nitrogen and oxygen atoms in total. The maximum Gasteiger partial charge on any atom is 0.471 e. The third kappa shape index (κ3) is 10.3. The molecule has 3 aromatic rings. The number of hydrazine groups is 1. The lowest BCUT2D eigenvalue weighted by atomic mass is 10.0. The molecule has 1 amide bonds. The molecule has 0 spiro atoms. The third-order valence-electron chi connectivity index (χ3n) is 5.77. The molecule has 1 aromatic heterocycles. The number of aliphatic hydroxyl groups excluding tert-OH is 1. The molecular formula is C27H31ClFN4O9P. The van der Waals surface area contributed by atoms with Crippen LogP contribution in [0, 0.1) is 11.7 Å². The number of halogens is 2. The van der Waals surface area contributed by atoms with Gasteiger partial charge in [0.1, 0.15) is 17.2 Å². The summed E-state index contributed by atoms with van der Waals surface area (Å²) in [6.07, 6.45) is -1.67. The highest BCUT2D eigenvalue weighted by molar-refractivity contribution is 7.46. The number of ketones is 1. The van der Waals surface area contributed by atoms with Crippen LogP contribution in [-0.2, 0) is 31.9 Å². The minimum absolute atomic E-state index is 0.0147. The van der Waals surface area contributed by atoms with Gasteiger partial charge in [0.15, 0.2) is 18.6 Å². The van der Waals surface area contributed by atoms with Gasteiger partial charge in [-0.2, -0.15) is 5.10 Å². The molecular weight excluding hydrogens is 610 g/mol. The Morgan fingerprint density at radius 1 is 1.14 bits per heavy atom. The van der Waals surface area contributed by atoms with E-state index in [0.29, 0.717) is 16.1 Å². The summed E-state index contributed by atoms with van der Waals surface area (Å²) in [5.74, 6) is -2.80. The predicted octanol–water partition coefficient (Wildman–Crippen LogP) is 3.32. The lowest BCUT2D eigenvalue weighted by molar-refractivity contribution is -0.156. The maximum absolute atomic E-state index is 14.3. The summed E-state index contributed by atoms with van der Waals surface area (Å²) in [7, 11) is -4.95. The number of hydrogen-bond donors (Lipinski definition) is 4. The van der Waals surface area contributed by atoms with Gasteiger partial charge < -0.3 is 19.6 Å². The second kappa shape index (κ2) is 14.8.